The summed E-state index contributed by atoms with van der Waals surface area (Å²) in [4.78, 5) is 40.1. The average molecular weight is 486 g/mol. The summed E-state index contributed by atoms with van der Waals surface area (Å²) in [7, 11) is 1.54. The average Bonchev–Trinajstić information content (AvgIpc) is 3.36. The molecule has 0 bridgehead atoms. The molecule has 1 atom stereocenters. The van der Waals surface area contributed by atoms with Crippen LogP contribution < -0.4 is 16.1 Å². The van der Waals surface area contributed by atoms with Crippen molar-refractivity contribution in [1.29, 1.82) is 0 Å². The molecule has 180 valence electrons. The Bertz CT molecular complexity index is 1210. The lowest BCUT2D eigenvalue weighted by Gasteiger charge is -2.17. The molecule has 0 unspecified atom stereocenters. The van der Waals surface area contributed by atoms with Crippen LogP contribution in [0.5, 0.6) is 0 Å². The van der Waals surface area contributed by atoms with Crippen molar-refractivity contribution in [2.24, 2.45) is 0 Å². The molecule has 0 aliphatic rings. The van der Waals surface area contributed by atoms with Crippen LogP contribution in [-0.4, -0.2) is 30.1 Å². The van der Waals surface area contributed by atoms with E-state index >= 15 is 0 Å². The van der Waals surface area contributed by atoms with Crippen molar-refractivity contribution in [3.63, 3.8) is 0 Å². The fourth-order valence-corrected chi connectivity index (χ4v) is 4.34. The van der Waals surface area contributed by atoms with Gasteiger partial charge in [-0.15, -0.1) is 11.3 Å². The van der Waals surface area contributed by atoms with Gasteiger partial charge >= 0.3 is 0 Å². The summed E-state index contributed by atoms with van der Waals surface area (Å²) in [5.41, 5.74) is 0.457. The quantitative estimate of drug-likeness (QED) is 0.457. The molecule has 0 spiro atoms. The van der Waals surface area contributed by atoms with Gasteiger partial charge in [0.2, 0.25) is 5.43 Å². The van der Waals surface area contributed by atoms with Gasteiger partial charge in [-0.25, -0.2) is 4.39 Å². The first-order chi connectivity index (χ1) is 16.3. The standard InChI is InChI=1S/C25H28FN3O4S/c1-4-21(22-6-5-11-34-22)28-25(32)20-15-29(9-10-33-3)14-19(23(20)30)24(31)27-13-17-12-18(26)8-7-16(17)2/h5-8,11-12,14-15,21H,4,9-10,13H2,1-3H3,(H,27,31)(H,28,32)/t21-/m0/s1. The molecule has 0 saturated heterocycles. The minimum Gasteiger partial charge on any atom is -0.383 e. The second-order valence-corrected chi connectivity index (χ2v) is 8.83. The summed E-state index contributed by atoms with van der Waals surface area (Å²) in [6.45, 7) is 4.48. The second-order valence-electron chi connectivity index (χ2n) is 7.85. The van der Waals surface area contributed by atoms with Crippen LogP contribution in [0, 0.1) is 12.7 Å². The third kappa shape index (κ3) is 6.18. The van der Waals surface area contributed by atoms with E-state index in [4.69, 9.17) is 4.74 Å². The molecule has 3 aromatic rings. The van der Waals surface area contributed by atoms with Crippen LogP contribution in [-0.2, 0) is 17.8 Å². The fraction of sp³-hybridized carbons (Fsp3) is 0.320. The lowest BCUT2D eigenvalue weighted by atomic mass is 10.1. The van der Waals surface area contributed by atoms with E-state index in [1.807, 2.05) is 24.4 Å². The Morgan fingerprint density at radius 1 is 1.18 bits per heavy atom. The Morgan fingerprint density at radius 2 is 1.91 bits per heavy atom. The van der Waals surface area contributed by atoms with E-state index in [2.05, 4.69) is 10.6 Å². The number of amides is 2. The van der Waals surface area contributed by atoms with Crippen LogP contribution in [0.1, 0.15) is 56.1 Å². The van der Waals surface area contributed by atoms with Crippen LogP contribution in [0.25, 0.3) is 0 Å². The van der Waals surface area contributed by atoms with E-state index in [-0.39, 0.29) is 23.7 Å². The summed E-state index contributed by atoms with van der Waals surface area (Å²) in [6.07, 6.45) is 3.49. The molecule has 3 rings (SSSR count). The largest absolute Gasteiger partial charge is 0.383 e. The Labute approximate surface area is 201 Å². The number of aromatic nitrogens is 1. The zero-order chi connectivity index (χ0) is 24.7. The zero-order valence-corrected chi connectivity index (χ0v) is 20.2. The maximum Gasteiger partial charge on any atom is 0.257 e. The van der Waals surface area contributed by atoms with Gasteiger partial charge in [0.15, 0.2) is 0 Å². The SMILES string of the molecule is CC[C@H](NC(=O)c1cn(CCOC)cc(C(=O)NCc2cc(F)ccc2C)c1=O)c1cccs1. The van der Waals surface area contributed by atoms with Crippen LogP contribution in [0.4, 0.5) is 4.39 Å². The van der Waals surface area contributed by atoms with Gasteiger partial charge in [0.1, 0.15) is 16.9 Å². The predicted molar refractivity (Wildman–Crippen MR) is 130 cm³/mol. The highest BCUT2D eigenvalue weighted by Gasteiger charge is 2.22. The number of pyridine rings is 1. The normalized spacial score (nSPS) is 11.8. The van der Waals surface area contributed by atoms with Crippen molar-refractivity contribution in [1.82, 2.24) is 15.2 Å². The Morgan fingerprint density at radius 3 is 2.56 bits per heavy atom. The molecule has 0 aliphatic heterocycles. The molecule has 2 aromatic heterocycles. The van der Waals surface area contributed by atoms with Gasteiger partial charge in [0.05, 0.1) is 12.6 Å². The first-order valence-corrected chi connectivity index (χ1v) is 11.8. The van der Waals surface area contributed by atoms with Crippen molar-refractivity contribution in [2.75, 3.05) is 13.7 Å². The van der Waals surface area contributed by atoms with Crippen LogP contribution in [0.15, 0.2) is 52.9 Å². The van der Waals surface area contributed by atoms with Gasteiger partial charge in [0, 0.05) is 37.5 Å². The Balaban J connectivity index is 1.88. The number of benzene rings is 1. The van der Waals surface area contributed by atoms with Crippen molar-refractivity contribution < 1.29 is 18.7 Å². The minimum absolute atomic E-state index is 0.0483. The van der Waals surface area contributed by atoms with Crippen molar-refractivity contribution in [3.8, 4) is 0 Å². The number of rotatable bonds is 10. The lowest BCUT2D eigenvalue weighted by Crippen LogP contribution is -2.36. The molecule has 7 nitrogen and oxygen atoms in total. The third-order valence-electron chi connectivity index (χ3n) is 5.47. The van der Waals surface area contributed by atoms with Crippen molar-refractivity contribution >= 4 is 23.2 Å². The number of thiophene rings is 1. The highest BCUT2D eigenvalue weighted by molar-refractivity contribution is 7.10. The van der Waals surface area contributed by atoms with Crippen LogP contribution >= 0.6 is 11.3 Å². The highest BCUT2D eigenvalue weighted by Crippen LogP contribution is 2.22. The number of carbonyl (C=O) groups excluding carboxylic acids is 2. The first kappa shape index (κ1) is 25.3. The van der Waals surface area contributed by atoms with Gasteiger partial charge in [-0.3, -0.25) is 14.4 Å². The first-order valence-electron chi connectivity index (χ1n) is 10.9. The molecule has 2 amide bonds. The maximum absolute atomic E-state index is 13.6. The minimum atomic E-state index is -0.666. The van der Waals surface area contributed by atoms with E-state index in [9.17, 15) is 18.8 Å². The lowest BCUT2D eigenvalue weighted by molar-refractivity contribution is 0.0933. The monoisotopic (exact) mass is 485 g/mol. The number of hydrogen-bond acceptors (Lipinski definition) is 5. The molecule has 34 heavy (non-hydrogen) atoms. The van der Waals surface area contributed by atoms with Gasteiger partial charge in [-0.05, 0) is 48.1 Å². The Kier molecular flexibility index (Phi) is 8.72. The molecule has 2 N–H and O–H groups in total. The summed E-state index contributed by atoms with van der Waals surface area (Å²) >= 11 is 1.52. The van der Waals surface area contributed by atoms with Crippen LogP contribution in [0.3, 0.4) is 0 Å². The Hall–Kier alpha value is -3.30. The molecule has 2 heterocycles. The van der Waals surface area contributed by atoms with Crippen LogP contribution in [0.2, 0.25) is 0 Å². The predicted octanol–water partition coefficient (Wildman–Crippen LogP) is 3.81. The zero-order valence-electron chi connectivity index (χ0n) is 19.4. The number of ether oxygens (including phenoxy) is 1. The molecule has 0 radical (unpaired) electrons. The third-order valence-corrected chi connectivity index (χ3v) is 6.46. The van der Waals surface area contributed by atoms with Gasteiger partial charge in [-0.2, -0.15) is 0 Å². The maximum atomic E-state index is 13.6. The van der Waals surface area contributed by atoms with Gasteiger partial charge in [0.25, 0.3) is 11.8 Å². The summed E-state index contributed by atoms with van der Waals surface area (Å²) in [6, 6.07) is 7.89. The highest BCUT2D eigenvalue weighted by atomic mass is 32.1. The number of aryl methyl sites for hydroxylation is 1. The van der Waals surface area contributed by atoms with Crippen molar-refractivity contribution in [2.45, 2.75) is 39.4 Å². The molecule has 0 aliphatic carbocycles. The van der Waals surface area contributed by atoms with Crippen molar-refractivity contribution in [3.05, 3.63) is 91.3 Å². The number of carbonyl (C=O) groups is 2. The molecule has 9 heteroatoms. The molecule has 0 saturated carbocycles. The summed E-state index contributed by atoms with van der Waals surface area (Å²) < 4.78 is 20.3. The molecular formula is C25H28FN3O4S. The number of nitrogens with one attached hydrogen (secondary N) is 2. The number of nitrogens with zero attached hydrogens (tertiary/aromatic N) is 1. The second kappa shape index (κ2) is 11.7. The molecular weight excluding hydrogens is 457 g/mol. The van der Waals surface area contributed by atoms with E-state index in [1.54, 1.807) is 17.6 Å². The summed E-state index contributed by atoms with van der Waals surface area (Å²) in [5.74, 6) is -1.60. The molecule has 0 fully saturated rings. The smallest absolute Gasteiger partial charge is 0.257 e. The van der Waals surface area contributed by atoms with Gasteiger partial charge in [-0.1, -0.05) is 19.1 Å². The molecule has 1 aromatic carbocycles. The number of methoxy groups -OCH3 is 1. The van der Waals surface area contributed by atoms with E-state index in [1.165, 1.54) is 43.0 Å². The topological polar surface area (TPSA) is 89.4 Å². The van der Waals surface area contributed by atoms with E-state index in [0.717, 1.165) is 10.4 Å². The summed E-state index contributed by atoms with van der Waals surface area (Å²) in [5, 5.41) is 7.49. The van der Waals surface area contributed by atoms with E-state index < -0.39 is 23.1 Å². The number of hydrogen-bond donors (Lipinski definition) is 2. The van der Waals surface area contributed by atoms with Gasteiger partial charge < -0.3 is 19.9 Å². The fourth-order valence-electron chi connectivity index (χ4n) is 3.48. The number of halogens is 1. The van der Waals surface area contributed by atoms with E-state index in [0.29, 0.717) is 25.1 Å².